The summed E-state index contributed by atoms with van der Waals surface area (Å²) in [6.45, 7) is 10.5. The Morgan fingerprint density at radius 3 is 2.50 bits per heavy atom. The van der Waals surface area contributed by atoms with Crippen LogP contribution in [-0.4, -0.2) is 40.4 Å². The second-order valence-corrected chi connectivity index (χ2v) is 5.93. The van der Waals surface area contributed by atoms with E-state index in [1.165, 1.54) is 0 Å². The Hall–Kier alpha value is -0.770. The fourth-order valence-electron chi connectivity index (χ4n) is 1.72. The standard InChI is InChI=1S/C12H23NO3/c1-9-8-13(7-6-12(9,5)15)10(14)16-11(2,3)4/h9,15H,6-8H2,1-5H3. The molecule has 94 valence electrons. The Bertz CT molecular complexity index is 268. The lowest BCUT2D eigenvalue weighted by Gasteiger charge is -2.41. The predicted octanol–water partition coefficient (Wildman–Crippen LogP) is 2.01. The molecule has 1 N–H and O–H groups in total. The largest absolute Gasteiger partial charge is 0.444 e. The van der Waals surface area contributed by atoms with Gasteiger partial charge in [0.15, 0.2) is 0 Å². The van der Waals surface area contributed by atoms with E-state index in [4.69, 9.17) is 4.74 Å². The number of carbonyl (C=O) groups is 1. The van der Waals surface area contributed by atoms with E-state index in [1.807, 2.05) is 34.6 Å². The molecular formula is C12H23NO3. The molecule has 0 aromatic heterocycles. The first kappa shape index (κ1) is 13.3. The van der Waals surface area contributed by atoms with Crippen LogP contribution in [-0.2, 0) is 4.74 Å². The Labute approximate surface area is 97.6 Å². The summed E-state index contributed by atoms with van der Waals surface area (Å²) in [5.41, 5.74) is -1.13. The van der Waals surface area contributed by atoms with Crippen molar-refractivity contribution in [3.8, 4) is 0 Å². The summed E-state index contributed by atoms with van der Waals surface area (Å²) in [6.07, 6.45) is 0.322. The first-order valence-corrected chi connectivity index (χ1v) is 5.82. The molecule has 1 rings (SSSR count). The summed E-state index contributed by atoms with van der Waals surface area (Å²) >= 11 is 0. The van der Waals surface area contributed by atoms with Gasteiger partial charge in [0.2, 0.25) is 0 Å². The van der Waals surface area contributed by atoms with Gasteiger partial charge >= 0.3 is 6.09 Å². The first-order chi connectivity index (χ1) is 7.12. The van der Waals surface area contributed by atoms with E-state index in [-0.39, 0.29) is 12.0 Å². The van der Waals surface area contributed by atoms with Gasteiger partial charge in [0.25, 0.3) is 0 Å². The molecule has 0 bridgehead atoms. The molecule has 1 saturated heterocycles. The molecule has 0 spiro atoms. The number of aliphatic hydroxyl groups is 1. The summed E-state index contributed by atoms with van der Waals surface area (Å²) < 4.78 is 5.30. The third-order valence-corrected chi connectivity index (χ3v) is 3.10. The summed E-state index contributed by atoms with van der Waals surface area (Å²) in [4.78, 5) is 13.5. The Balaban J connectivity index is 2.55. The highest BCUT2D eigenvalue weighted by Gasteiger charge is 2.37. The van der Waals surface area contributed by atoms with Crippen molar-refractivity contribution >= 4 is 6.09 Å². The van der Waals surface area contributed by atoms with Crippen molar-refractivity contribution in [2.75, 3.05) is 13.1 Å². The van der Waals surface area contributed by atoms with Crippen LogP contribution in [0.1, 0.15) is 41.0 Å². The fraction of sp³-hybridized carbons (Fsp3) is 0.917. The topological polar surface area (TPSA) is 49.8 Å². The van der Waals surface area contributed by atoms with E-state index in [0.717, 1.165) is 0 Å². The monoisotopic (exact) mass is 229 g/mol. The number of rotatable bonds is 0. The number of ether oxygens (including phenoxy) is 1. The van der Waals surface area contributed by atoms with E-state index in [0.29, 0.717) is 19.5 Å². The molecule has 0 saturated carbocycles. The molecule has 16 heavy (non-hydrogen) atoms. The van der Waals surface area contributed by atoms with Crippen LogP contribution in [0.2, 0.25) is 0 Å². The molecule has 1 aliphatic rings. The minimum absolute atomic E-state index is 0.0776. The molecule has 0 aromatic rings. The molecule has 2 atom stereocenters. The molecule has 0 aromatic carbocycles. The van der Waals surface area contributed by atoms with Crippen LogP contribution in [0, 0.1) is 5.92 Å². The van der Waals surface area contributed by atoms with Crippen molar-refractivity contribution in [1.82, 2.24) is 4.90 Å². The summed E-state index contributed by atoms with van der Waals surface area (Å²) in [5, 5.41) is 10.00. The van der Waals surface area contributed by atoms with Gasteiger partial charge < -0.3 is 14.7 Å². The van der Waals surface area contributed by atoms with Crippen molar-refractivity contribution in [3.63, 3.8) is 0 Å². The maximum atomic E-state index is 11.8. The molecule has 1 aliphatic heterocycles. The molecule has 4 heteroatoms. The lowest BCUT2D eigenvalue weighted by Crippen LogP contribution is -2.51. The van der Waals surface area contributed by atoms with Gasteiger partial charge in [0.1, 0.15) is 5.60 Å². The summed E-state index contributed by atoms with van der Waals surface area (Å²) in [5.74, 6) is 0.0776. The highest BCUT2D eigenvalue weighted by Crippen LogP contribution is 2.27. The number of carbonyl (C=O) groups excluding carboxylic acids is 1. The maximum absolute atomic E-state index is 11.8. The first-order valence-electron chi connectivity index (χ1n) is 5.82. The van der Waals surface area contributed by atoms with Crippen LogP contribution in [0.5, 0.6) is 0 Å². The zero-order chi connectivity index (χ0) is 12.6. The van der Waals surface area contributed by atoms with Gasteiger partial charge in [-0.2, -0.15) is 0 Å². The molecule has 1 fully saturated rings. The molecule has 0 radical (unpaired) electrons. The average Bonchev–Trinajstić information content (AvgIpc) is 2.06. The minimum Gasteiger partial charge on any atom is -0.444 e. The van der Waals surface area contributed by atoms with Crippen molar-refractivity contribution < 1.29 is 14.6 Å². The molecule has 1 amide bonds. The Kier molecular flexibility index (Phi) is 3.53. The number of likely N-dealkylation sites (tertiary alicyclic amines) is 1. The fourth-order valence-corrected chi connectivity index (χ4v) is 1.72. The Morgan fingerprint density at radius 2 is 2.06 bits per heavy atom. The normalized spacial score (nSPS) is 31.4. The molecule has 0 aliphatic carbocycles. The molecule has 4 nitrogen and oxygen atoms in total. The van der Waals surface area contributed by atoms with Crippen molar-refractivity contribution in [2.24, 2.45) is 5.92 Å². The van der Waals surface area contributed by atoms with Gasteiger partial charge in [-0.25, -0.2) is 4.79 Å². The van der Waals surface area contributed by atoms with Gasteiger partial charge in [-0.15, -0.1) is 0 Å². The van der Waals surface area contributed by atoms with Crippen LogP contribution in [0.4, 0.5) is 4.79 Å². The van der Waals surface area contributed by atoms with Gasteiger partial charge in [0, 0.05) is 19.0 Å². The quantitative estimate of drug-likeness (QED) is 0.691. The smallest absolute Gasteiger partial charge is 0.410 e. The number of amides is 1. The van der Waals surface area contributed by atoms with E-state index in [2.05, 4.69) is 0 Å². The van der Waals surface area contributed by atoms with E-state index in [9.17, 15) is 9.90 Å². The highest BCUT2D eigenvalue weighted by atomic mass is 16.6. The van der Waals surface area contributed by atoms with E-state index in [1.54, 1.807) is 4.90 Å². The summed E-state index contributed by atoms with van der Waals surface area (Å²) in [7, 11) is 0. The third-order valence-electron chi connectivity index (χ3n) is 3.10. The summed E-state index contributed by atoms with van der Waals surface area (Å²) in [6, 6.07) is 0. The SMILES string of the molecule is CC1CN(C(=O)OC(C)(C)C)CCC1(C)O. The molecule has 2 unspecified atom stereocenters. The number of nitrogens with zero attached hydrogens (tertiary/aromatic N) is 1. The molecule has 1 heterocycles. The zero-order valence-corrected chi connectivity index (χ0v) is 10.9. The van der Waals surface area contributed by atoms with Crippen molar-refractivity contribution in [2.45, 2.75) is 52.2 Å². The number of piperidine rings is 1. The highest BCUT2D eigenvalue weighted by molar-refractivity contribution is 5.68. The van der Waals surface area contributed by atoms with E-state index < -0.39 is 11.2 Å². The second-order valence-electron chi connectivity index (χ2n) is 5.93. The van der Waals surface area contributed by atoms with Crippen LogP contribution in [0.3, 0.4) is 0 Å². The zero-order valence-electron chi connectivity index (χ0n) is 10.9. The van der Waals surface area contributed by atoms with Gasteiger partial charge in [-0.3, -0.25) is 0 Å². The van der Waals surface area contributed by atoms with Crippen molar-refractivity contribution in [3.05, 3.63) is 0 Å². The number of hydrogen-bond donors (Lipinski definition) is 1. The minimum atomic E-state index is -0.668. The second kappa shape index (κ2) is 4.24. The lowest BCUT2D eigenvalue weighted by atomic mass is 9.84. The molecular weight excluding hydrogens is 206 g/mol. The van der Waals surface area contributed by atoms with Crippen LogP contribution >= 0.6 is 0 Å². The number of hydrogen-bond acceptors (Lipinski definition) is 3. The lowest BCUT2D eigenvalue weighted by molar-refractivity contribution is -0.0557. The van der Waals surface area contributed by atoms with Crippen LogP contribution in [0.25, 0.3) is 0 Å². The van der Waals surface area contributed by atoms with Crippen molar-refractivity contribution in [1.29, 1.82) is 0 Å². The average molecular weight is 229 g/mol. The van der Waals surface area contributed by atoms with Gasteiger partial charge in [0.05, 0.1) is 5.60 Å². The van der Waals surface area contributed by atoms with Crippen LogP contribution < -0.4 is 0 Å². The van der Waals surface area contributed by atoms with E-state index >= 15 is 0 Å². The van der Waals surface area contributed by atoms with Gasteiger partial charge in [-0.05, 0) is 34.1 Å². The maximum Gasteiger partial charge on any atom is 0.410 e. The van der Waals surface area contributed by atoms with Gasteiger partial charge in [-0.1, -0.05) is 6.92 Å². The third kappa shape index (κ3) is 3.37. The Morgan fingerprint density at radius 1 is 1.50 bits per heavy atom. The predicted molar refractivity (Wildman–Crippen MR) is 62.2 cm³/mol. The van der Waals surface area contributed by atoms with Crippen LogP contribution in [0.15, 0.2) is 0 Å².